The van der Waals surface area contributed by atoms with Gasteiger partial charge in [-0.15, -0.1) is 6.42 Å². The third kappa shape index (κ3) is 5.78. The van der Waals surface area contributed by atoms with E-state index in [1.165, 1.54) is 6.07 Å². The number of amides is 2. The zero-order valence-corrected chi connectivity index (χ0v) is 14.4. The van der Waals surface area contributed by atoms with Gasteiger partial charge < -0.3 is 15.4 Å². The van der Waals surface area contributed by atoms with Crippen molar-refractivity contribution in [3.8, 4) is 18.1 Å². The molecule has 0 bridgehead atoms. The molecule has 2 N–H and O–H groups in total. The zero-order valence-electron chi connectivity index (χ0n) is 14.4. The van der Waals surface area contributed by atoms with Crippen molar-refractivity contribution in [2.45, 2.75) is 19.4 Å². The second kappa shape index (κ2) is 9.42. The summed E-state index contributed by atoms with van der Waals surface area (Å²) >= 11 is 0. The minimum absolute atomic E-state index is 0.216. The molecule has 0 spiro atoms. The highest BCUT2D eigenvalue weighted by atomic mass is 19.1. The topological polar surface area (TPSA) is 50.4 Å². The fraction of sp³-hybridized carbons (Fsp3) is 0.250. The van der Waals surface area contributed by atoms with E-state index in [4.69, 9.17) is 11.2 Å². The van der Waals surface area contributed by atoms with Crippen LogP contribution in [-0.2, 0) is 6.42 Å². The first kappa shape index (κ1) is 19.3. The van der Waals surface area contributed by atoms with Gasteiger partial charge in [-0.1, -0.05) is 24.1 Å². The van der Waals surface area contributed by atoms with Crippen molar-refractivity contribution in [1.82, 2.24) is 10.6 Å². The van der Waals surface area contributed by atoms with Gasteiger partial charge in [-0.25, -0.2) is 13.6 Å². The van der Waals surface area contributed by atoms with Crippen LogP contribution in [0.1, 0.15) is 24.1 Å². The largest absolute Gasteiger partial charge is 0.481 e. The van der Waals surface area contributed by atoms with E-state index >= 15 is 0 Å². The molecule has 0 aliphatic carbocycles. The molecule has 136 valence electrons. The number of hydrogen-bond donors (Lipinski definition) is 2. The molecule has 2 amide bonds. The fourth-order valence-electron chi connectivity index (χ4n) is 2.38. The van der Waals surface area contributed by atoms with Crippen LogP contribution in [0.2, 0.25) is 0 Å². The van der Waals surface area contributed by atoms with Crippen molar-refractivity contribution in [3.63, 3.8) is 0 Å². The van der Waals surface area contributed by atoms with E-state index in [2.05, 4.69) is 16.6 Å². The van der Waals surface area contributed by atoms with E-state index < -0.39 is 23.7 Å². The maximum Gasteiger partial charge on any atom is 0.315 e. The Bertz CT molecular complexity index is 785. The van der Waals surface area contributed by atoms with Crippen LogP contribution in [0.15, 0.2) is 42.5 Å². The van der Waals surface area contributed by atoms with Gasteiger partial charge in [0.2, 0.25) is 0 Å². The van der Waals surface area contributed by atoms with Gasteiger partial charge in [0.15, 0.2) is 0 Å². The molecule has 6 heteroatoms. The van der Waals surface area contributed by atoms with E-state index in [-0.39, 0.29) is 12.2 Å². The molecule has 0 aliphatic heterocycles. The molecular weight excluding hydrogens is 338 g/mol. The number of terminal acetylenes is 1. The second-order valence-corrected chi connectivity index (χ2v) is 5.67. The molecule has 4 nitrogen and oxygen atoms in total. The molecule has 1 unspecified atom stereocenters. The molecule has 0 saturated heterocycles. The van der Waals surface area contributed by atoms with Gasteiger partial charge in [-0.05, 0) is 37.1 Å². The second-order valence-electron chi connectivity index (χ2n) is 5.67. The van der Waals surface area contributed by atoms with Gasteiger partial charge in [-0.2, -0.15) is 0 Å². The van der Waals surface area contributed by atoms with E-state index in [1.54, 1.807) is 6.92 Å². The minimum Gasteiger partial charge on any atom is -0.481 e. The van der Waals surface area contributed by atoms with Gasteiger partial charge >= 0.3 is 6.03 Å². The first-order chi connectivity index (χ1) is 12.5. The number of carbonyl (C=O) groups is 1. The summed E-state index contributed by atoms with van der Waals surface area (Å²) in [5, 5.41) is 5.33. The van der Waals surface area contributed by atoms with Gasteiger partial charge in [0.25, 0.3) is 0 Å². The van der Waals surface area contributed by atoms with Gasteiger partial charge in [0.05, 0.1) is 6.04 Å². The van der Waals surface area contributed by atoms with E-state index in [1.807, 2.05) is 24.3 Å². The van der Waals surface area contributed by atoms with Crippen molar-refractivity contribution in [2.24, 2.45) is 0 Å². The number of carbonyl (C=O) groups excluding carboxylic acids is 1. The third-order valence-electron chi connectivity index (χ3n) is 3.72. The van der Waals surface area contributed by atoms with Gasteiger partial charge in [-0.3, -0.25) is 0 Å². The Balaban J connectivity index is 1.77. The molecule has 2 aromatic carbocycles. The van der Waals surface area contributed by atoms with Crippen LogP contribution in [0.5, 0.6) is 5.75 Å². The smallest absolute Gasteiger partial charge is 0.315 e. The molecule has 0 fully saturated rings. The molecular formula is C20H20F2N2O2. The average molecular weight is 358 g/mol. The van der Waals surface area contributed by atoms with Crippen LogP contribution >= 0.6 is 0 Å². The van der Waals surface area contributed by atoms with Gasteiger partial charge in [0.1, 0.15) is 24.0 Å². The molecule has 0 radical (unpaired) electrons. The first-order valence-electron chi connectivity index (χ1n) is 8.14. The summed E-state index contributed by atoms with van der Waals surface area (Å²) in [6, 6.07) is 9.67. The van der Waals surface area contributed by atoms with Crippen LogP contribution in [0, 0.1) is 24.0 Å². The van der Waals surface area contributed by atoms with Crippen molar-refractivity contribution in [1.29, 1.82) is 0 Å². The molecule has 2 rings (SSSR count). The summed E-state index contributed by atoms with van der Waals surface area (Å²) in [6.07, 6.45) is 5.76. The number of benzene rings is 2. The van der Waals surface area contributed by atoms with Crippen LogP contribution in [-0.4, -0.2) is 19.2 Å². The summed E-state index contributed by atoms with van der Waals surface area (Å²) in [4.78, 5) is 11.9. The molecule has 2 aromatic rings. The standard InChI is InChI=1S/C20H20F2N2O2/c1-3-12-26-17-7-4-15(5-8-17)10-11-23-20(25)24-14(2)18-9-6-16(21)13-19(18)22/h1,4-9,13-14H,10-12H2,2H3,(H2,23,24,25). The Kier molecular flexibility index (Phi) is 6.98. The maximum absolute atomic E-state index is 13.7. The number of nitrogens with one attached hydrogen (secondary N) is 2. The Labute approximate surface area is 151 Å². The first-order valence-corrected chi connectivity index (χ1v) is 8.14. The Morgan fingerprint density at radius 2 is 1.96 bits per heavy atom. The number of rotatable bonds is 7. The summed E-state index contributed by atoms with van der Waals surface area (Å²) < 4.78 is 31.9. The lowest BCUT2D eigenvalue weighted by molar-refractivity contribution is 0.238. The number of ether oxygens (including phenoxy) is 1. The predicted molar refractivity (Wildman–Crippen MR) is 95.8 cm³/mol. The normalized spacial score (nSPS) is 11.3. The average Bonchev–Trinajstić information content (AvgIpc) is 2.60. The Morgan fingerprint density at radius 3 is 2.62 bits per heavy atom. The molecule has 0 aromatic heterocycles. The molecule has 1 atom stereocenters. The predicted octanol–water partition coefficient (Wildman–Crippen LogP) is 3.58. The minimum atomic E-state index is -0.690. The lowest BCUT2D eigenvalue weighted by Gasteiger charge is -2.16. The van der Waals surface area contributed by atoms with E-state index in [9.17, 15) is 13.6 Å². The molecule has 0 aliphatic rings. The van der Waals surface area contributed by atoms with Crippen molar-refractivity contribution in [2.75, 3.05) is 13.2 Å². The number of urea groups is 1. The molecule has 0 heterocycles. The van der Waals surface area contributed by atoms with E-state index in [0.29, 0.717) is 18.7 Å². The van der Waals surface area contributed by atoms with Crippen LogP contribution < -0.4 is 15.4 Å². The zero-order chi connectivity index (χ0) is 18.9. The Hall–Kier alpha value is -3.07. The van der Waals surface area contributed by atoms with Crippen molar-refractivity contribution in [3.05, 3.63) is 65.2 Å². The summed E-state index contributed by atoms with van der Waals surface area (Å²) in [5.41, 5.74) is 1.25. The number of halogens is 2. The third-order valence-corrected chi connectivity index (χ3v) is 3.72. The van der Waals surface area contributed by atoms with Crippen LogP contribution in [0.4, 0.5) is 13.6 Å². The highest BCUT2D eigenvalue weighted by molar-refractivity contribution is 5.74. The van der Waals surface area contributed by atoms with E-state index in [0.717, 1.165) is 17.7 Å². The highest BCUT2D eigenvalue weighted by Crippen LogP contribution is 2.17. The maximum atomic E-state index is 13.7. The molecule has 26 heavy (non-hydrogen) atoms. The van der Waals surface area contributed by atoms with Gasteiger partial charge in [0, 0.05) is 18.2 Å². The quantitative estimate of drug-likeness (QED) is 0.744. The number of hydrogen-bond acceptors (Lipinski definition) is 2. The lowest BCUT2D eigenvalue weighted by atomic mass is 10.1. The summed E-state index contributed by atoms with van der Waals surface area (Å²) in [7, 11) is 0. The summed E-state index contributed by atoms with van der Waals surface area (Å²) in [5.74, 6) is 1.74. The molecule has 0 saturated carbocycles. The lowest BCUT2D eigenvalue weighted by Crippen LogP contribution is -2.38. The fourth-order valence-corrected chi connectivity index (χ4v) is 2.38. The van der Waals surface area contributed by atoms with Crippen molar-refractivity contribution >= 4 is 6.03 Å². The summed E-state index contributed by atoms with van der Waals surface area (Å²) in [6.45, 7) is 2.26. The Morgan fingerprint density at radius 1 is 1.23 bits per heavy atom. The highest BCUT2D eigenvalue weighted by Gasteiger charge is 2.13. The monoisotopic (exact) mass is 358 g/mol. The van der Waals surface area contributed by atoms with Crippen LogP contribution in [0.25, 0.3) is 0 Å². The van der Waals surface area contributed by atoms with Crippen LogP contribution in [0.3, 0.4) is 0 Å². The SMILES string of the molecule is C#CCOc1ccc(CCNC(=O)NC(C)c2ccc(F)cc2F)cc1. The van der Waals surface area contributed by atoms with Crippen molar-refractivity contribution < 1.29 is 18.3 Å².